The van der Waals surface area contributed by atoms with Crippen molar-refractivity contribution in [3.63, 3.8) is 0 Å². The summed E-state index contributed by atoms with van der Waals surface area (Å²) in [6.45, 7) is 0.363. The van der Waals surface area contributed by atoms with Gasteiger partial charge in [0.15, 0.2) is 0 Å². The average Bonchev–Trinajstić information content (AvgIpc) is 3.08. The fourth-order valence-corrected chi connectivity index (χ4v) is 1.78. The third-order valence-corrected chi connectivity index (χ3v) is 2.88. The minimum absolute atomic E-state index is 0.0566. The van der Waals surface area contributed by atoms with Crippen molar-refractivity contribution in [3.8, 4) is 0 Å². The van der Waals surface area contributed by atoms with E-state index in [1.165, 1.54) is 0 Å². The van der Waals surface area contributed by atoms with E-state index in [1.807, 2.05) is 36.4 Å². The largest absolute Gasteiger partial charge is 0.461 e. The summed E-state index contributed by atoms with van der Waals surface area (Å²) < 4.78 is 6.13. The van der Waals surface area contributed by atoms with Crippen molar-refractivity contribution in [2.24, 2.45) is 5.92 Å². The zero-order valence-corrected chi connectivity index (χ0v) is 10.4. The maximum absolute atomic E-state index is 11.2. The van der Waals surface area contributed by atoms with Crippen LogP contribution in [0.4, 0.5) is 0 Å². The lowest BCUT2D eigenvalue weighted by molar-refractivity contribution is -0.143. The average molecular weight is 281 g/mol. The summed E-state index contributed by atoms with van der Waals surface area (Å²) in [6.07, 6.45) is 5.80. The third kappa shape index (κ3) is 3.49. The molecular weight excluding hydrogens is 268 g/mol. The highest BCUT2D eigenvalue weighted by atomic mass is 79.9. The second-order valence-corrected chi connectivity index (χ2v) is 4.78. The summed E-state index contributed by atoms with van der Waals surface area (Å²) in [6, 6.07) is 7.97. The molecule has 1 aliphatic carbocycles. The molecule has 0 aliphatic heterocycles. The molecule has 0 spiro atoms. The predicted molar refractivity (Wildman–Crippen MR) is 66.9 cm³/mol. The van der Waals surface area contributed by atoms with Crippen LogP contribution in [0.25, 0.3) is 6.08 Å². The van der Waals surface area contributed by atoms with Gasteiger partial charge in [0, 0.05) is 4.47 Å². The number of hydrogen-bond acceptors (Lipinski definition) is 2. The molecule has 84 valence electrons. The van der Waals surface area contributed by atoms with E-state index in [-0.39, 0.29) is 11.9 Å². The SMILES string of the molecule is O=C(OCC=Cc1cccc(Br)c1)C1CC1. The van der Waals surface area contributed by atoms with Gasteiger partial charge in [0.25, 0.3) is 0 Å². The van der Waals surface area contributed by atoms with E-state index in [4.69, 9.17) is 4.74 Å². The van der Waals surface area contributed by atoms with E-state index in [2.05, 4.69) is 15.9 Å². The van der Waals surface area contributed by atoms with Gasteiger partial charge in [-0.3, -0.25) is 4.79 Å². The second kappa shape index (κ2) is 5.30. The fraction of sp³-hybridized carbons (Fsp3) is 0.308. The van der Waals surface area contributed by atoms with Crippen LogP contribution < -0.4 is 0 Å². The Bertz CT molecular complexity index is 408. The van der Waals surface area contributed by atoms with Gasteiger partial charge < -0.3 is 4.74 Å². The van der Waals surface area contributed by atoms with Crippen molar-refractivity contribution in [1.29, 1.82) is 0 Å². The van der Waals surface area contributed by atoms with Gasteiger partial charge in [0.05, 0.1) is 5.92 Å². The molecule has 0 aromatic heterocycles. The molecule has 0 radical (unpaired) electrons. The number of carbonyl (C=O) groups is 1. The van der Waals surface area contributed by atoms with E-state index in [0.29, 0.717) is 6.61 Å². The molecule has 3 heteroatoms. The van der Waals surface area contributed by atoms with Crippen molar-refractivity contribution < 1.29 is 9.53 Å². The number of hydrogen-bond donors (Lipinski definition) is 0. The van der Waals surface area contributed by atoms with Crippen molar-refractivity contribution in [3.05, 3.63) is 40.4 Å². The van der Waals surface area contributed by atoms with E-state index in [0.717, 1.165) is 22.9 Å². The molecule has 0 atom stereocenters. The first kappa shape index (κ1) is 11.4. The van der Waals surface area contributed by atoms with Gasteiger partial charge in [-0.05, 0) is 36.6 Å². The number of halogens is 1. The topological polar surface area (TPSA) is 26.3 Å². The Morgan fingerprint density at radius 1 is 1.50 bits per heavy atom. The zero-order valence-electron chi connectivity index (χ0n) is 8.86. The normalized spacial score (nSPS) is 15.3. The van der Waals surface area contributed by atoms with Gasteiger partial charge in [0.2, 0.25) is 0 Å². The minimum Gasteiger partial charge on any atom is -0.461 e. The molecule has 2 rings (SSSR count). The fourth-order valence-electron chi connectivity index (χ4n) is 1.36. The van der Waals surface area contributed by atoms with Crippen LogP contribution in [0.15, 0.2) is 34.8 Å². The Morgan fingerprint density at radius 3 is 3.00 bits per heavy atom. The first-order valence-corrected chi connectivity index (χ1v) is 6.14. The molecule has 0 unspecified atom stereocenters. The molecule has 0 amide bonds. The Labute approximate surface area is 103 Å². The van der Waals surface area contributed by atoms with E-state index in [1.54, 1.807) is 0 Å². The maximum Gasteiger partial charge on any atom is 0.309 e. The second-order valence-electron chi connectivity index (χ2n) is 3.86. The van der Waals surface area contributed by atoms with Gasteiger partial charge in [-0.2, -0.15) is 0 Å². The standard InChI is InChI=1S/C13H13BrO2/c14-12-5-1-3-10(9-12)4-2-8-16-13(15)11-6-7-11/h1-5,9,11H,6-8H2. The quantitative estimate of drug-likeness (QED) is 0.790. The lowest BCUT2D eigenvalue weighted by Gasteiger charge is -1.99. The molecule has 1 aromatic carbocycles. The highest BCUT2D eigenvalue weighted by molar-refractivity contribution is 9.10. The van der Waals surface area contributed by atoms with Crippen molar-refractivity contribution >= 4 is 28.0 Å². The molecule has 1 aliphatic rings. The van der Waals surface area contributed by atoms with Crippen LogP contribution in [0.3, 0.4) is 0 Å². The highest BCUT2D eigenvalue weighted by Crippen LogP contribution is 2.29. The van der Waals surface area contributed by atoms with E-state index in [9.17, 15) is 4.79 Å². The first-order valence-electron chi connectivity index (χ1n) is 5.34. The zero-order chi connectivity index (χ0) is 11.4. The Morgan fingerprint density at radius 2 is 2.31 bits per heavy atom. The number of benzene rings is 1. The molecule has 16 heavy (non-hydrogen) atoms. The van der Waals surface area contributed by atoms with Crippen LogP contribution in [0.1, 0.15) is 18.4 Å². The van der Waals surface area contributed by atoms with Gasteiger partial charge in [-0.25, -0.2) is 0 Å². The predicted octanol–water partition coefficient (Wildman–Crippen LogP) is 3.42. The number of rotatable bonds is 4. The highest BCUT2D eigenvalue weighted by Gasteiger charge is 2.30. The van der Waals surface area contributed by atoms with Crippen LogP contribution in [0, 0.1) is 5.92 Å². The van der Waals surface area contributed by atoms with Crippen molar-refractivity contribution in [2.45, 2.75) is 12.8 Å². The van der Waals surface area contributed by atoms with Crippen LogP contribution in [0.2, 0.25) is 0 Å². The molecule has 1 aromatic rings. The minimum atomic E-state index is -0.0566. The molecule has 0 heterocycles. The monoisotopic (exact) mass is 280 g/mol. The van der Waals surface area contributed by atoms with E-state index >= 15 is 0 Å². The lowest BCUT2D eigenvalue weighted by atomic mass is 10.2. The van der Waals surface area contributed by atoms with E-state index < -0.39 is 0 Å². The van der Waals surface area contributed by atoms with Crippen molar-refractivity contribution in [1.82, 2.24) is 0 Å². The van der Waals surface area contributed by atoms with Gasteiger partial charge in [0.1, 0.15) is 6.61 Å². The molecule has 1 fully saturated rings. The third-order valence-electron chi connectivity index (χ3n) is 2.39. The molecule has 2 nitrogen and oxygen atoms in total. The molecule has 0 saturated heterocycles. The van der Waals surface area contributed by atoms with Gasteiger partial charge in [-0.15, -0.1) is 0 Å². The Hall–Kier alpha value is -1.09. The summed E-state index contributed by atoms with van der Waals surface area (Å²) in [5.74, 6) is 0.123. The first-order chi connectivity index (χ1) is 7.75. The summed E-state index contributed by atoms with van der Waals surface area (Å²) in [5.41, 5.74) is 1.09. The van der Waals surface area contributed by atoms with Gasteiger partial charge >= 0.3 is 5.97 Å². The lowest BCUT2D eigenvalue weighted by Crippen LogP contribution is -2.05. The van der Waals surface area contributed by atoms with Crippen LogP contribution in [-0.2, 0) is 9.53 Å². The molecule has 0 bridgehead atoms. The summed E-state index contributed by atoms with van der Waals surface area (Å²) in [7, 11) is 0. The molecule has 0 N–H and O–H groups in total. The maximum atomic E-state index is 11.2. The van der Waals surface area contributed by atoms with Crippen LogP contribution >= 0.6 is 15.9 Å². The number of carbonyl (C=O) groups excluding carboxylic acids is 1. The summed E-state index contributed by atoms with van der Waals surface area (Å²) in [4.78, 5) is 11.2. The summed E-state index contributed by atoms with van der Waals surface area (Å²) in [5, 5.41) is 0. The molecular formula is C13H13BrO2. The summed E-state index contributed by atoms with van der Waals surface area (Å²) >= 11 is 3.40. The smallest absolute Gasteiger partial charge is 0.309 e. The number of ether oxygens (including phenoxy) is 1. The van der Waals surface area contributed by atoms with Crippen molar-refractivity contribution in [2.75, 3.05) is 6.61 Å². The number of esters is 1. The van der Waals surface area contributed by atoms with Gasteiger partial charge in [-0.1, -0.05) is 34.1 Å². The van der Waals surface area contributed by atoms with Crippen LogP contribution in [0.5, 0.6) is 0 Å². The molecule has 1 saturated carbocycles. The Balaban J connectivity index is 1.78. The Kier molecular flexibility index (Phi) is 3.78. The van der Waals surface area contributed by atoms with Crippen LogP contribution in [-0.4, -0.2) is 12.6 Å².